The normalized spacial score (nSPS) is 15.6. The molecule has 0 bridgehead atoms. The van der Waals surface area contributed by atoms with Crippen molar-refractivity contribution in [2.45, 2.75) is 31.7 Å². The van der Waals surface area contributed by atoms with Crippen molar-refractivity contribution in [3.05, 3.63) is 41.6 Å². The fourth-order valence-electron chi connectivity index (χ4n) is 2.38. The molecule has 4 N–H and O–H groups in total. The highest BCUT2D eigenvalue weighted by Crippen LogP contribution is 2.32. The van der Waals surface area contributed by atoms with Crippen LogP contribution >= 0.6 is 0 Å². The third-order valence-electron chi connectivity index (χ3n) is 3.60. The first-order valence-corrected chi connectivity index (χ1v) is 7.14. The maximum Gasteiger partial charge on any atom is 0.326 e. The number of carbonyl (C=O) groups excluding carboxylic acids is 1. The first kappa shape index (κ1) is 15.3. The Morgan fingerprint density at radius 2 is 2.00 bits per heavy atom. The quantitative estimate of drug-likeness (QED) is 0.631. The highest BCUT2D eigenvalue weighted by atomic mass is 16.4. The van der Waals surface area contributed by atoms with Crippen molar-refractivity contribution in [3.63, 3.8) is 0 Å². The first-order valence-electron chi connectivity index (χ1n) is 7.14. The van der Waals surface area contributed by atoms with Gasteiger partial charge in [-0.15, -0.1) is 0 Å². The van der Waals surface area contributed by atoms with Crippen LogP contribution in [0.2, 0.25) is 0 Å². The molecule has 1 aromatic rings. The molecule has 1 aromatic carbocycles. The van der Waals surface area contributed by atoms with Gasteiger partial charge in [0.05, 0.1) is 5.70 Å². The van der Waals surface area contributed by atoms with Gasteiger partial charge >= 0.3 is 5.97 Å². The summed E-state index contributed by atoms with van der Waals surface area (Å²) in [4.78, 5) is 23.1. The molecule has 0 saturated heterocycles. The Labute approximate surface area is 123 Å². The monoisotopic (exact) mass is 288 g/mol. The van der Waals surface area contributed by atoms with Crippen molar-refractivity contribution >= 4 is 17.3 Å². The zero-order valence-electron chi connectivity index (χ0n) is 11.8. The van der Waals surface area contributed by atoms with Crippen LogP contribution in [0, 0.1) is 0 Å². The lowest BCUT2D eigenvalue weighted by Crippen LogP contribution is -2.41. The van der Waals surface area contributed by atoms with Crippen LogP contribution in [-0.2, 0) is 9.59 Å². The summed E-state index contributed by atoms with van der Waals surface area (Å²) in [6, 6.07) is 8.82. The van der Waals surface area contributed by atoms with Crippen LogP contribution in [0.15, 0.2) is 36.0 Å². The molecule has 112 valence electrons. The van der Waals surface area contributed by atoms with Gasteiger partial charge in [0.2, 0.25) is 0 Å². The molecule has 1 aliphatic rings. The predicted octanol–water partition coefficient (Wildman–Crippen LogP) is 1.54. The Bertz CT molecular complexity index is 552. The van der Waals surface area contributed by atoms with Crippen LogP contribution in [0.5, 0.6) is 0 Å². The van der Waals surface area contributed by atoms with Crippen molar-refractivity contribution in [2.75, 3.05) is 6.54 Å². The third kappa shape index (κ3) is 3.70. The largest absolute Gasteiger partial charge is 0.480 e. The van der Waals surface area contributed by atoms with Gasteiger partial charge < -0.3 is 16.2 Å². The molecule has 0 fully saturated rings. The number of Topliss-reactive ketones (excluding diaryl/α,β-unsaturated/α-hetero) is 1. The summed E-state index contributed by atoms with van der Waals surface area (Å²) in [5.74, 6) is -0.967. The predicted molar refractivity (Wildman–Crippen MR) is 80.5 cm³/mol. The molecule has 2 rings (SSSR count). The lowest BCUT2D eigenvalue weighted by Gasteiger charge is -2.27. The standard InChI is InChI=1S/C16H20N2O3/c17-9-5-4-8-13(16(20)21)18-15-12(10-14(15)19)11-6-2-1-3-7-11/h1-3,6-7,13,18H,4-5,8-10,17H2,(H,20,21)/t13-/m0/s1. The minimum Gasteiger partial charge on any atom is -0.480 e. The number of carboxylic acids is 1. The van der Waals surface area contributed by atoms with E-state index in [1.807, 2.05) is 30.3 Å². The molecule has 0 spiro atoms. The number of hydrogen-bond donors (Lipinski definition) is 3. The maximum absolute atomic E-state index is 11.8. The molecule has 0 saturated carbocycles. The van der Waals surface area contributed by atoms with Gasteiger partial charge in [-0.3, -0.25) is 4.79 Å². The van der Waals surface area contributed by atoms with Crippen LogP contribution in [-0.4, -0.2) is 29.4 Å². The highest BCUT2D eigenvalue weighted by Gasteiger charge is 2.31. The summed E-state index contributed by atoms with van der Waals surface area (Å²) in [7, 11) is 0. The zero-order chi connectivity index (χ0) is 15.2. The van der Waals surface area contributed by atoms with Crippen molar-refractivity contribution in [1.82, 2.24) is 5.32 Å². The van der Waals surface area contributed by atoms with E-state index in [2.05, 4.69) is 5.32 Å². The lowest BCUT2D eigenvalue weighted by molar-refractivity contribution is -0.139. The average molecular weight is 288 g/mol. The minimum atomic E-state index is -0.938. The van der Waals surface area contributed by atoms with Gasteiger partial charge in [0, 0.05) is 6.42 Å². The summed E-state index contributed by atoms with van der Waals surface area (Å²) in [6.07, 6.45) is 2.33. The Kier molecular flexibility index (Phi) is 5.11. The van der Waals surface area contributed by atoms with Crippen molar-refractivity contribution in [2.24, 2.45) is 5.73 Å². The van der Waals surface area contributed by atoms with Crippen LogP contribution in [0.25, 0.3) is 5.57 Å². The molecule has 5 heteroatoms. The highest BCUT2D eigenvalue weighted by molar-refractivity contribution is 6.16. The van der Waals surface area contributed by atoms with Crippen molar-refractivity contribution < 1.29 is 14.7 Å². The summed E-state index contributed by atoms with van der Waals surface area (Å²) in [5, 5.41) is 12.2. The van der Waals surface area contributed by atoms with Crippen LogP contribution < -0.4 is 11.1 Å². The van der Waals surface area contributed by atoms with Gasteiger partial charge in [0.15, 0.2) is 5.78 Å². The number of carboxylic acid groups (broad SMARTS) is 1. The molecule has 21 heavy (non-hydrogen) atoms. The number of ketones is 1. The maximum atomic E-state index is 11.8. The number of aliphatic carboxylic acids is 1. The first-order chi connectivity index (χ1) is 10.1. The molecule has 1 atom stereocenters. The fraction of sp³-hybridized carbons (Fsp3) is 0.375. The van der Waals surface area contributed by atoms with E-state index in [1.54, 1.807) is 0 Å². The number of hydrogen-bond acceptors (Lipinski definition) is 4. The number of carbonyl (C=O) groups is 2. The Morgan fingerprint density at radius 3 is 2.57 bits per heavy atom. The van der Waals surface area contributed by atoms with Crippen LogP contribution in [0.3, 0.4) is 0 Å². The summed E-state index contributed by atoms with van der Waals surface area (Å²) in [5.41, 5.74) is 7.72. The molecule has 0 aliphatic heterocycles. The Hall–Kier alpha value is -2.14. The second kappa shape index (κ2) is 7.04. The summed E-state index contributed by atoms with van der Waals surface area (Å²) in [6.45, 7) is 0.545. The molecule has 0 aromatic heterocycles. The Morgan fingerprint density at radius 1 is 1.29 bits per heavy atom. The fourth-order valence-corrected chi connectivity index (χ4v) is 2.38. The minimum absolute atomic E-state index is 0.0288. The smallest absolute Gasteiger partial charge is 0.326 e. The second-order valence-corrected chi connectivity index (χ2v) is 5.14. The van der Waals surface area contributed by atoms with Gasteiger partial charge in [-0.2, -0.15) is 0 Å². The SMILES string of the molecule is NCCCC[C@H](NC1=C(c2ccccc2)CC1=O)C(=O)O. The third-order valence-corrected chi connectivity index (χ3v) is 3.60. The second-order valence-electron chi connectivity index (χ2n) is 5.14. The molecular weight excluding hydrogens is 268 g/mol. The lowest BCUT2D eigenvalue weighted by atomic mass is 9.86. The number of nitrogens with one attached hydrogen (secondary N) is 1. The molecule has 0 radical (unpaired) electrons. The topological polar surface area (TPSA) is 92.4 Å². The molecule has 0 amide bonds. The molecule has 0 heterocycles. The van der Waals surface area contributed by atoms with E-state index in [9.17, 15) is 14.7 Å². The molecule has 0 unspecified atom stereocenters. The van der Waals surface area contributed by atoms with Gasteiger partial charge in [0.25, 0.3) is 0 Å². The number of nitrogens with two attached hydrogens (primary N) is 1. The van der Waals surface area contributed by atoms with Crippen LogP contribution in [0.4, 0.5) is 0 Å². The van der Waals surface area contributed by atoms with E-state index < -0.39 is 12.0 Å². The zero-order valence-corrected chi connectivity index (χ0v) is 11.8. The van der Waals surface area contributed by atoms with E-state index in [-0.39, 0.29) is 5.78 Å². The van der Waals surface area contributed by atoms with Gasteiger partial charge in [-0.1, -0.05) is 30.3 Å². The van der Waals surface area contributed by atoms with Crippen molar-refractivity contribution in [3.8, 4) is 0 Å². The Balaban J connectivity index is 2.11. The summed E-state index contributed by atoms with van der Waals surface area (Å²) < 4.78 is 0. The van der Waals surface area contributed by atoms with Crippen LogP contribution in [0.1, 0.15) is 31.2 Å². The number of allylic oxidation sites excluding steroid dienone is 2. The molecular formula is C16H20N2O3. The van der Waals surface area contributed by atoms with Gasteiger partial charge in [-0.05, 0) is 36.9 Å². The van der Waals surface area contributed by atoms with E-state index in [1.165, 1.54) is 0 Å². The van der Waals surface area contributed by atoms with Gasteiger partial charge in [-0.25, -0.2) is 4.79 Å². The number of benzene rings is 1. The van der Waals surface area contributed by atoms with E-state index in [0.717, 1.165) is 24.0 Å². The van der Waals surface area contributed by atoms with E-state index in [4.69, 9.17) is 5.73 Å². The van der Waals surface area contributed by atoms with E-state index >= 15 is 0 Å². The number of rotatable bonds is 8. The van der Waals surface area contributed by atoms with Crippen molar-refractivity contribution in [1.29, 1.82) is 0 Å². The van der Waals surface area contributed by atoms with E-state index in [0.29, 0.717) is 25.1 Å². The van der Waals surface area contributed by atoms with Gasteiger partial charge in [0.1, 0.15) is 6.04 Å². The molecule has 5 nitrogen and oxygen atoms in total. The number of unbranched alkanes of at least 4 members (excludes halogenated alkanes) is 1. The molecule has 1 aliphatic carbocycles. The average Bonchev–Trinajstić information content (AvgIpc) is 2.48. The summed E-state index contributed by atoms with van der Waals surface area (Å²) >= 11 is 0.